The molecule has 0 aliphatic rings. The normalized spacial score (nSPS) is 14.2. The summed E-state index contributed by atoms with van der Waals surface area (Å²) in [6.45, 7) is 4.01. The average molecular weight is 287 g/mol. The molecule has 0 radical (unpaired) electrons. The number of hydrogen-bond donors (Lipinski definition) is 2. The minimum Gasteiger partial charge on any atom is -0.493 e. The van der Waals surface area contributed by atoms with Gasteiger partial charge in [-0.2, -0.15) is 5.21 Å². The van der Waals surface area contributed by atoms with Crippen molar-refractivity contribution in [1.29, 1.82) is 0 Å². The Kier molecular flexibility index (Phi) is 3.57. The number of aromatic nitrogens is 4. The SMILES string of the molecule is COc1cccc2cc(C(C)NC(C)c3nn[nH]n3)oc12. The summed E-state index contributed by atoms with van der Waals surface area (Å²) in [5.74, 6) is 2.19. The Morgan fingerprint density at radius 3 is 2.86 bits per heavy atom. The Bertz CT molecular complexity index is 722. The molecule has 0 aliphatic heterocycles. The fraction of sp³-hybridized carbons (Fsp3) is 0.357. The molecule has 0 saturated heterocycles. The molecule has 3 rings (SSSR count). The van der Waals surface area contributed by atoms with E-state index >= 15 is 0 Å². The van der Waals surface area contributed by atoms with Crippen LogP contribution >= 0.6 is 0 Å². The molecule has 2 aromatic heterocycles. The third kappa shape index (κ3) is 2.59. The molecule has 2 heterocycles. The lowest BCUT2D eigenvalue weighted by Crippen LogP contribution is -2.23. The van der Waals surface area contributed by atoms with E-state index in [2.05, 4.69) is 25.9 Å². The number of nitrogens with zero attached hydrogens (tertiary/aromatic N) is 3. The van der Waals surface area contributed by atoms with Crippen molar-refractivity contribution in [2.75, 3.05) is 7.11 Å². The number of aromatic amines is 1. The molecular weight excluding hydrogens is 270 g/mol. The van der Waals surface area contributed by atoms with Crippen LogP contribution in [0.3, 0.4) is 0 Å². The highest BCUT2D eigenvalue weighted by Crippen LogP contribution is 2.31. The van der Waals surface area contributed by atoms with Crippen molar-refractivity contribution in [1.82, 2.24) is 25.9 Å². The second-order valence-electron chi connectivity index (χ2n) is 4.91. The van der Waals surface area contributed by atoms with Crippen LogP contribution in [0.4, 0.5) is 0 Å². The zero-order valence-electron chi connectivity index (χ0n) is 12.1. The molecule has 0 fully saturated rings. The van der Waals surface area contributed by atoms with Crippen LogP contribution in [0, 0.1) is 0 Å². The lowest BCUT2D eigenvalue weighted by atomic mass is 10.2. The van der Waals surface area contributed by atoms with Gasteiger partial charge < -0.3 is 9.15 Å². The van der Waals surface area contributed by atoms with Gasteiger partial charge in [-0.1, -0.05) is 17.3 Å². The smallest absolute Gasteiger partial charge is 0.191 e. The van der Waals surface area contributed by atoms with Crippen molar-refractivity contribution in [3.63, 3.8) is 0 Å². The molecule has 1 aromatic carbocycles. The van der Waals surface area contributed by atoms with E-state index in [1.807, 2.05) is 38.1 Å². The van der Waals surface area contributed by atoms with Crippen LogP contribution in [0.2, 0.25) is 0 Å². The van der Waals surface area contributed by atoms with Gasteiger partial charge in [0.2, 0.25) is 0 Å². The Labute approximate surface area is 121 Å². The van der Waals surface area contributed by atoms with E-state index in [-0.39, 0.29) is 12.1 Å². The molecule has 0 amide bonds. The van der Waals surface area contributed by atoms with Crippen molar-refractivity contribution in [3.05, 3.63) is 35.9 Å². The van der Waals surface area contributed by atoms with Crippen molar-refractivity contribution >= 4 is 11.0 Å². The first-order valence-electron chi connectivity index (χ1n) is 6.75. The number of H-pyrrole nitrogens is 1. The maximum absolute atomic E-state index is 5.92. The van der Waals surface area contributed by atoms with E-state index in [1.54, 1.807) is 7.11 Å². The number of fused-ring (bicyclic) bond motifs is 1. The van der Waals surface area contributed by atoms with Crippen LogP contribution in [0.1, 0.15) is 37.5 Å². The number of benzene rings is 1. The van der Waals surface area contributed by atoms with Gasteiger partial charge in [0.15, 0.2) is 17.2 Å². The summed E-state index contributed by atoms with van der Waals surface area (Å²) in [6.07, 6.45) is 0. The number of rotatable bonds is 5. The highest BCUT2D eigenvalue weighted by Gasteiger charge is 2.18. The van der Waals surface area contributed by atoms with Gasteiger partial charge in [0.1, 0.15) is 5.76 Å². The van der Waals surface area contributed by atoms with E-state index in [0.717, 1.165) is 22.5 Å². The second-order valence-corrected chi connectivity index (χ2v) is 4.91. The van der Waals surface area contributed by atoms with E-state index in [0.29, 0.717) is 5.82 Å². The molecule has 0 saturated carbocycles. The quantitative estimate of drug-likeness (QED) is 0.749. The summed E-state index contributed by atoms with van der Waals surface area (Å²) < 4.78 is 11.2. The molecule has 2 unspecified atom stereocenters. The van der Waals surface area contributed by atoms with Crippen LogP contribution in [-0.4, -0.2) is 27.7 Å². The van der Waals surface area contributed by atoms with Crippen LogP contribution in [0.5, 0.6) is 5.75 Å². The lowest BCUT2D eigenvalue weighted by molar-refractivity contribution is 0.388. The zero-order chi connectivity index (χ0) is 14.8. The highest BCUT2D eigenvalue weighted by molar-refractivity contribution is 5.83. The minimum atomic E-state index is -0.0335. The lowest BCUT2D eigenvalue weighted by Gasteiger charge is -2.15. The van der Waals surface area contributed by atoms with Gasteiger partial charge in [0, 0.05) is 5.39 Å². The van der Waals surface area contributed by atoms with Crippen molar-refractivity contribution in [2.24, 2.45) is 0 Å². The van der Waals surface area contributed by atoms with Gasteiger partial charge in [-0.05, 0) is 26.0 Å². The summed E-state index contributed by atoms with van der Waals surface area (Å²) in [5.41, 5.74) is 0.760. The predicted octanol–water partition coefficient (Wildman–Crippen LogP) is 2.37. The van der Waals surface area contributed by atoms with E-state index in [4.69, 9.17) is 9.15 Å². The zero-order valence-corrected chi connectivity index (χ0v) is 12.1. The van der Waals surface area contributed by atoms with Gasteiger partial charge in [-0.25, -0.2) is 0 Å². The Balaban J connectivity index is 1.83. The van der Waals surface area contributed by atoms with Gasteiger partial charge in [-0.15, -0.1) is 10.2 Å². The number of tetrazole rings is 1. The van der Waals surface area contributed by atoms with E-state index in [9.17, 15) is 0 Å². The highest BCUT2D eigenvalue weighted by atomic mass is 16.5. The van der Waals surface area contributed by atoms with Crippen molar-refractivity contribution < 1.29 is 9.15 Å². The fourth-order valence-electron chi connectivity index (χ4n) is 2.32. The van der Waals surface area contributed by atoms with Gasteiger partial charge >= 0.3 is 0 Å². The summed E-state index contributed by atoms with van der Waals surface area (Å²) in [4.78, 5) is 0. The molecule has 0 aliphatic carbocycles. The minimum absolute atomic E-state index is 0.00982. The third-order valence-corrected chi connectivity index (χ3v) is 3.42. The fourth-order valence-corrected chi connectivity index (χ4v) is 2.32. The topological polar surface area (TPSA) is 88.9 Å². The Morgan fingerprint density at radius 2 is 2.14 bits per heavy atom. The number of furan rings is 1. The van der Waals surface area contributed by atoms with E-state index < -0.39 is 0 Å². The molecule has 2 N–H and O–H groups in total. The molecule has 7 nitrogen and oxygen atoms in total. The molecule has 2 atom stereocenters. The number of nitrogens with one attached hydrogen (secondary N) is 2. The van der Waals surface area contributed by atoms with Gasteiger partial charge in [-0.3, -0.25) is 5.32 Å². The summed E-state index contributed by atoms with van der Waals surface area (Å²) in [7, 11) is 1.64. The van der Waals surface area contributed by atoms with Crippen LogP contribution in [-0.2, 0) is 0 Å². The van der Waals surface area contributed by atoms with Gasteiger partial charge in [0.05, 0.1) is 19.2 Å². The number of hydrogen-bond acceptors (Lipinski definition) is 6. The third-order valence-electron chi connectivity index (χ3n) is 3.42. The van der Waals surface area contributed by atoms with Gasteiger partial charge in [0.25, 0.3) is 0 Å². The molecule has 0 spiro atoms. The van der Waals surface area contributed by atoms with Crippen LogP contribution in [0.15, 0.2) is 28.7 Å². The number of methoxy groups -OCH3 is 1. The number of ether oxygens (including phenoxy) is 1. The summed E-state index contributed by atoms with van der Waals surface area (Å²) in [6, 6.07) is 7.82. The number of para-hydroxylation sites is 1. The average Bonchev–Trinajstić information content (AvgIpc) is 3.15. The standard InChI is InChI=1S/C14H17N5O2/c1-8(15-9(2)14-16-18-19-17-14)12-7-10-5-4-6-11(20-3)13(10)21-12/h4-9,15H,1-3H3,(H,16,17,18,19). The first-order chi connectivity index (χ1) is 10.2. The molecule has 21 heavy (non-hydrogen) atoms. The van der Waals surface area contributed by atoms with Crippen molar-refractivity contribution in [3.8, 4) is 5.75 Å². The first kappa shape index (κ1) is 13.6. The molecule has 3 aromatic rings. The molecular formula is C14H17N5O2. The molecule has 0 bridgehead atoms. The largest absolute Gasteiger partial charge is 0.493 e. The summed E-state index contributed by atoms with van der Waals surface area (Å²) in [5, 5.41) is 18.4. The monoisotopic (exact) mass is 287 g/mol. The second kappa shape index (κ2) is 5.53. The summed E-state index contributed by atoms with van der Waals surface area (Å²) >= 11 is 0. The Morgan fingerprint density at radius 1 is 1.29 bits per heavy atom. The maximum Gasteiger partial charge on any atom is 0.191 e. The Hall–Kier alpha value is -2.41. The van der Waals surface area contributed by atoms with Crippen LogP contribution in [0.25, 0.3) is 11.0 Å². The van der Waals surface area contributed by atoms with Crippen LogP contribution < -0.4 is 10.1 Å². The van der Waals surface area contributed by atoms with Crippen molar-refractivity contribution in [2.45, 2.75) is 25.9 Å². The van der Waals surface area contributed by atoms with E-state index in [1.165, 1.54) is 0 Å². The maximum atomic E-state index is 5.92. The predicted molar refractivity (Wildman–Crippen MR) is 76.9 cm³/mol. The molecule has 110 valence electrons. The first-order valence-corrected chi connectivity index (χ1v) is 6.75. The molecule has 7 heteroatoms.